The van der Waals surface area contributed by atoms with E-state index < -0.39 is 113 Å². The number of carbonyl (C=O) groups is 6. The van der Waals surface area contributed by atoms with Gasteiger partial charge in [0.1, 0.15) is 23.9 Å². The second-order valence-electron chi connectivity index (χ2n) is 17.3. The van der Waals surface area contributed by atoms with Crippen LogP contribution in [-0.2, 0) is 47.6 Å². The number of hydrogen-bond acceptors (Lipinski definition) is 15. The molecule has 0 amide bonds. The van der Waals surface area contributed by atoms with Crippen LogP contribution in [0.2, 0.25) is 0 Å². The lowest BCUT2D eigenvalue weighted by Gasteiger charge is -2.67. The van der Waals surface area contributed by atoms with E-state index in [1.54, 1.807) is 87.5 Å². The summed E-state index contributed by atoms with van der Waals surface area (Å²) >= 11 is 0. The molecule has 0 radical (unpaired) electrons. The van der Waals surface area contributed by atoms with E-state index in [0.717, 1.165) is 13.8 Å². The van der Waals surface area contributed by atoms with E-state index in [2.05, 4.69) is 7.11 Å². The van der Waals surface area contributed by atoms with Gasteiger partial charge in [0, 0.05) is 32.1 Å². The summed E-state index contributed by atoms with van der Waals surface area (Å²) in [5.41, 5.74) is -0.378. The Balaban J connectivity index is 0.00000335. The molecule has 16 heteroatoms. The number of rotatable bonds is 10. The standard InChI is InChI=1S/C47H51NO14.CH4O/c1-25-31(59-43(55)37(35(48)28-16-10-7-11-17-28)60-41(53)29-18-12-8-13-19-29)23-47(56)40(61-42(54)30-20-14-9-15-21-30)38-45(6,32(51)22-33-46(38,24-57-33)62-27(3)50)39(52)36(58-26(2)49)34(25)44(47,4)5;1-2/h7-21,31-33,35-38,40,51,56H,22-24,48H2,1-6H3;1-2H2/t31?,32-,33+,35-,36+,37+,38-,40-,45+,46-,47+;/m0./s1. The van der Waals surface area contributed by atoms with Crippen molar-refractivity contribution < 1.29 is 72.5 Å². The number of ether oxygens (including phenoxy) is 6. The summed E-state index contributed by atoms with van der Waals surface area (Å²) in [6, 6.07) is 23.0. The van der Waals surface area contributed by atoms with E-state index >= 15 is 4.79 Å². The van der Waals surface area contributed by atoms with Gasteiger partial charge in [-0.05, 0) is 54.8 Å². The minimum absolute atomic E-state index is 0.00981. The Morgan fingerprint density at radius 3 is 1.89 bits per heavy atom. The van der Waals surface area contributed by atoms with Gasteiger partial charge in [-0.25, -0.2) is 14.4 Å². The molecular weight excluding hydrogens is 831 g/mol. The largest absolute Gasteiger partial charge is 0.593 e. The molecule has 3 fully saturated rings. The van der Waals surface area contributed by atoms with Crippen molar-refractivity contribution in [2.75, 3.05) is 6.61 Å². The van der Waals surface area contributed by atoms with Crippen LogP contribution in [-0.4, -0.2) is 105 Å². The second kappa shape index (κ2) is 18.4. The molecule has 7 rings (SSSR count). The maximum atomic E-state index is 15.5. The average Bonchev–Trinajstić information content (AvgIpc) is 3.27. The number of carbonyl (C=O) groups excluding carboxylic acids is 6. The number of esters is 5. The van der Waals surface area contributed by atoms with Crippen LogP contribution in [0.5, 0.6) is 0 Å². The zero-order valence-electron chi connectivity index (χ0n) is 36.5. The number of hydrogen-bond donors (Lipinski definition) is 3. The Morgan fingerprint density at radius 2 is 1.38 bits per heavy atom. The van der Waals surface area contributed by atoms with Gasteiger partial charge in [-0.1, -0.05) is 87.7 Å². The third-order valence-electron chi connectivity index (χ3n) is 13.4. The van der Waals surface area contributed by atoms with Crippen LogP contribution in [0.4, 0.5) is 0 Å². The molecule has 1 unspecified atom stereocenters. The summed E-state index contributed by atoms with van der Waals surface area (Å²) in [7, 11) is 2.50. The normalized spacial score (nSPS) is 31.0. The number of benzene rings is 3. The number of Topliss-reactive ketones (excluding diaryl/α,β-unsaturated/α-hetero) is 1. The molecule has 4 aliphatic rings. The van der Waals surface area contributed by atoms with Crippen LogP contribution in [0.1, 0.15) is 86.7 Å². The summed E-state index contributed by atoms with van der Waals surface area (Å²) in [6.45, 7) is 8.04. The van der Waals surface area contributed by atoms with Gasteiger partial charge in [0.05, 0.1) is 41.2 Å². The monoisotopic (exact) mass is 885 g/mol. The topological polar surface area (TPSA) is 247 Å². The van der Waals surface area contributed by atoms with Crippen LogP contribution in [0.15, 0.2) is 102 Å². The van der Waals surface area contributed by atoms with Crippen molar-refractivity contribution >= 4 is 35.6 Å². The zero-order valence-corrected chi connectivity index (χ0v) is 36.5. The molecule has 11 atom stereocenters. The minimum atomic E-state index is -2.38. The predicted molar refractivity (Wildman–Crippen MR) is 227 cm³/mol. The highest BCUT2D eigenvalue weighted by atomic mass is 16.6. The molecule has 2 bridgehead atoms. The van der Waals surface area contributed by atoms with Crippen molar-refractivity contribution in [2.24, 2.45) is 22.5 Å². The van der Waals surface area contributed by atoms with Crippen LogP contribution >= 0.6 is 0 Å². The number of fused-ring (bicyclic) bond motifs is 5. The Morgan fingerprint density at radius 1 is 0.828 bits per heavy atom. The molecule has 0 aromatic heterocycles. The molecule has 6 N–H and O–H groups in total. The molecule has 342 valence electrons. The van der Waals surface area contributed by atoms with Crippen LogP contribution in [0, 0.1) is 23.9 Å². The third kappa shape index (κ3) is 8.13. The van der Waals surface area contributed by atoms with E-state index in [4.69, 9.17) is 39.3 Å². The molecule has 3 aliphatic carbocycles. The first-order chi connectivity index (χ1) is 30.3. The van der Waals surface area contributed by atoms with Gasteiger partial charge >= 0.3 is 29.8 Å². The molecule has 1 heterocycles. The van der Waals surface area contributed by atoms with Crippen molar-refractivity contribution in [1.29, 1.82) is 0 Å². The molecule has 16 nitrogen and oxygen atoms in total. The number of aliphatic hydroxyl groups is 2. The Bertz CT molecular complexity index is 2280. The van der Waals surface area contributed by atoms with E-state index in [1.807, 2.05) is 0 Å². The van der Waals surface area contributed by atoms with E-state index in [-0.39, 0.29) is 35.3 Å². The van der Waals surface area contributed by atoms with Gasteiger partial charge in [0.15, 0.2) is 17.5 Å². The zero-order chi connectivity index (χ0) is 46.9. The molecule has 2 saturated carbocycles. The van der Waals surface area contributed by atoms with Gasteiger partial charge < -0.3 is 49.5 Å². The molecular formula is C48H55NO15. The smallest absolute Gasteiger partial charge is 0.350 e. The molecule has 3 aromatic carbocycles. The van der Waals surface area contributed by atoms with Gasteiger partial charge in [0.2, 0.25) is 6.10 Å². The number of nitrogens with two attached hydrogens (primary N) is 1. The van der Waals surface area contributed by atoms with Gasteiger partial charge in [-0.3, -0.25) is 14.4 Å². The summed E-state index contributed by atoms with van der Waals surface area (Å²) in [5.74, 6) is -6.99. The number of aliphatic hydroxyl groups excluding tert-OH is 1. The fourth-order valence-corrected chi connectivity index (χ4v) is 10.1. The average molecular weight is 886 g/mol. The summed E-state index contributed by atoms with van der Waals surface area (Å²) in [4.78, 5) is 84.0. The van der Waals surface area contributed by atoms with Crippen molar-refractivity contribution in [1.82, 2.24) is 0 Å². The minimum Gasteiger partial charge on any atom is -0.593 e. The lowest BCUT2D eigenvalue weighted by molar-refractivity contribution is -0.346. The van der Waals surface area contributed by atoms with E-state index in [0.29, 0.717) is 5.56 Å². The van der Waals surface area contributed by atoms with Crippen LogP contribution < -0.4 is 5.73 Å². The maximum Gasteiger partial charge on any atom is 0.350 e. The van der Waals surface area contributed by atoms with Gasteiger partial charge in [0.25, 0.3) is 0 Å². The first-order valence-corrected chi connectivity index (χ1v) is 20.8. The Kier molecular flexibility index (Phi) is 13.7. The molecule has 1 saturated heterocycles. The third-order valence-corrected chi connectivity index (χ3v) is 13.4. The molecule has 0 spiro atoms. The van der Waals surface area contributed by atoms with Crippen molar-refractivity contribution in [3.05, 3.63) is 126 Å². The fourth-order valence-electron chi connectivity index (χ4n) is 10.1. The molecule has 3 aromatic rings. The lowest BCUT2D eigenvalue weighted by atomic mass is 9.44. The van der Waals surface area contributed by atoms with Crippen molar-refractivity contribution in [3.8, 4) is 0 Å². The van der Waals surface area contributed by atoms with Crippen molar-refractivity contribution in [3.63, 3.8) is 0 Å². The maximum absolute atomic E-state index is 15.5. The lowest BCUT2D eigenvalue weighted by Crippen LogP contribution is -2.82. The van der Waals surface area contributed by atoms with E-state index in [1.165, 1.54) is 31.2 Å². The second-order valence-corrected chi connectivity index (χ2v) is 17.3. The Hall–Kier alpha value is -5.78. The summed E-state index contributed by atoms with van der Waals surface area (Å²) < 4.78 is 36.3. The SMILES string of the molecule is CC(=O)O[C@H]1C(=O)[C@@]2(C)[C@H]([C@H](OC(=O)c3ccccc3)[C@]3(O)CC(OC(=O)[C@H](OC(=O)c4ccccc4)[C@@H](N)c4ccccc4)C(C)=C1C3(C)C)[C@]1(OC(C)=O)CO[C@@H]1C[C@@H]2O.[CH2-][OH2+]. The van der Waals surface area contributed by atoms with Crippen molar-refractivity contribution in [2.45, 2.75) is 108 Å². The summed E-state index contributed by atoms with van der Waals surface area (Å²) in [6.07, 6.45) is -10.2. The quantitative estimate of drug-likeness (QED) is 0.0865. The Labute approximate surface area is 370 Å². The highest BCUT2D eigenvalue weighted by molar-refractivity contribution is 5.96. The van der Waals surface area contributed by atoms with Gasteiger partial charge in [-0.15, -0.1) is 0 Å². The fraction of sp³-hybridized carbons (Fsp3) is 0.438. The summed E-state index contributed by atoms with van der Waals surface area (Å²) in [5, 5.41) is 31.3. The highest BCUT2D eigenvalue weighted by Gasteiger charge is 2.78. The first kappa shape index (κ1) is 47.7. The molecule has 64 heavy (non-hydrogen) atoms. The van der Waals surface area contributed by atoms with E-state index in [9.17, 15) is 34.2 Å². The van der Waals surface area contributed by atoms with Crippen LogP contribution in [0.3, 0.4) is 0 Å². The van der Waals surface area contributed by atoms with Gasteiger partial charge in [-0.2, -0.15) is 0 Å². The molecule has 1 aliphatic heterocycles. The van der Waals surface area contributed by atoms with Crippen LogP contribution in [0.25, 0.3) is 0 Å². The number of ketones is 1. The highest BCUT2D eigenvalue weighted by Crippen LogP contribution is 2.64. The first-order valence-electron chi connectivity index (χ1n) is 20.8. The predicted octanol–water partition coefficient (Wildman–Crippen LogP) is 3.63.